The molecule has 0 aliphatic carbocycles. The summed E-state index contributed by atoms with van der Waals surface area (Å²) in [4.78, 5) is 2.40. The zero-order chi connectivity index (χ0) is 15.6. The van der Waals surface area contributed by atoms with Gasteiger partial charge in [-0.25, -0.2) is 13.1 Å². The number of aromatic nitrogens is 2. The molecule has 1 aromatic heterocycles. The van der Waals surface area contributed by atoms with Gasteiger partial charge in [-0.2, -0.15) is 5.10 Å². The van der Waals surface area contributed by atoms with Crippen LogP contribution in [-0.4, -0.2) is 55.7 Å². The molecule has 8 heteroatoms. The fourth-order valence-electron chi connectivity index (χ4n) is 2.56. The van der Waals surface area contributed by atoms with Gasteiger partial charge in [-0.15, -0.1) is 0 Å². The van der Waals surface area contributed by atoms with Gasteiger partial charge in [0.25, 0.3) is 0 Å². The second-order valence-corrected chi connectivity index (χ2v) is 7.68. The largest absolute Gasteiger partial charge is 0.309 e. The van der Waals surface area contributed by atoms with Gasteiger partial charge in [-0.3, -0.25) is 5.10 Å². The molecule has 0 amide bonds. The lowest BCUT2D eigenvalue weighted by atomic mass is 10.3. The van der Waals surface area contributed by atoms with Crippen molar-refractivity contribution < 1.29 is 8.42 Å². The van der Waals surface area contributed by atoms with E-state index in [9.17, 15) is 8.42 Å². The van der Waals surface area contributed by atoms with Gasteiger partial charge in [-0.05, 0) is 26.9 Å². The second kappa shape index (κ2) is 6.43. The van der Waals surface area contributed by atoms with Crippen LogP contribution >= 0.6 is 0 Å². The van der Waals surface area contributed by atoms with Crippen LogP contribution < -0.4 is 10.0 Å². The SMILES string of the molecule is Cc1[nH]nc(CNC(C)C)c1S(=O)(=O)NC1CCN(C)C1. The normalized spacial score (nSPS) is 20.5. The minimum absolute atomic E-state index is 0.0276. The zero-order valence-corrected chi connectivity index (χ0v) is 13.9. The van der Waals surface area contributed by atoms with Crippen molar-refractivity contribution in [2.45, 2.75) is 50.7 Å². The predicted molar refractivity (Wildman–Crippen MR) is 81.5 cm³/mol. The standard InChI is InChI=1S/C13H25N5O2S/c1-9(2)14-7-12-13(10(3)15-16-12)21(19,20)17-11-5-6-18(4)8-11/h9,11,14,17H,5-8H2,1-4H3,(H,15,16). The maximum Gasteiger partial charge on any atom is 0.244 e. The molecule has 0 bridgehead atoms. The third-order valence-electron chi connectivity index (χ3n) is 3.62. The van der Waals surface area contributed by atoms with Gasteiger partial charge in [-0.1, -0.05) is 13.8 Å². The Morgan fingerprint density at radius 2 is 2.19 bits per heavy atom. The molecule has 0 aromatic carbocycles. The Balaban J connectivity index is 2.17. The van der Waals surface area contributed by atoms with Gasteiger partial charge >= 0.3 is 0 Å². The number of rotatable bonds is 6. The van der Waals surface area contributed by atoms with Crippen molar-refractivity contribution >= 4 is 10.0 Å². The number of hydrogen-bond acceptors (Lipinski definition) is 5. The first kappa shape index (κ1) is 16.4. The van der Waals surface area contributed by atoms with Crippen molar-refractivity contribution in [2.75, 3.05) is 20.1 Å². The summed E-state index contributed by atoms with van der Waals surface area (Å²) in [5.41, 5.74) is 1.12. The smallest absolute Gasteiger partial charge is 0.244 e. The summed E-state index contributed by atoms with van der Waals surface area (Å²) in [6.45, 7) is 7.86. The van der Waals surface area contributed by atoms with E-state index in [-0.39, 0.29) is 17.0 Å². The topological polar surface area (TPSA) is 90.1 Å². The molecule has 1 unspecified atom stereocenters. The molecule has 0 radical (unpaired) electrons. The molecular formula is C13H25N5O2S. The molecule has 0 saturated carbocycles. The van der Waals surface area contributed by atoms with E-state index in [2.05, 4.69) is 25.1 Å². The highest BCUT2D eigenvalue weighted by atomic mass is 32.2. The molecule has 2 rings (SSSR count). The van der Waals surface area contributed by atoms with Crippen molar-refractivity contribution in [1.82, 2.24) is 25.1 Å². The Kier molecular flexibility index (Phi) is 5.03. The van der Waals surface area contributed by atoms with E-state index >= 15 is 0 Å². The zero-order valence-electron chi connectivity index (χ0n) is 13.1. The summed E-state index contributed by atoms with van der Waals surface area (Å²) in [7, 11) is -1.55. The van der Waals surface area contributed by atoms with Gasteiger partial charge in [0, 0.05) is 25.2 Å². The molecule has 3 N–H and O–H groups in total. The minimum atomic E-state index is -3.54. The molecule has 120 valence electrons. The van der Waals surface area contributed by atoms with E-state index in [1.807, 2.05) is 20.9 Å². The summed E-state index contributed by atoms with van der Waals surface area (Å²) in [5.74, 6) is 0. The van der Waals surface area contributed by atoms with Crippen molar-refractivity contribution in [3.63, 3.8) is 0 Å². The third kappa shape index (κ3) is 4.03. The van der Waals surface area contributed by atoms with Crippen LogP contribution in [0.5, 0.6) is 0 Å². The fourth-order valence-corrected chi connectivity index (χ4v) is 4.18. The Morgan fingerprint density at radius 3 is 2.76 bits per heavy atom. The van der Waals surface area contributed by atoms with Crippen molar-refractivity contribution in [1.29, 1.82) is 0 Å². The number of nitrogens with zero attached hydrogens (tertiary/aromatic N) is 2. The monoisotopic (exact) mass is 315 g/mol. The predicted octanol–water partition coefficient (Wildman–Crippen LogP) is 0.199. The quantitative estimate of drug-likeness (QED) is 0.698. The third-order valence-corrected chi connectivity index (χ3v) is 5.34. The van der Waals surface area contributed by atoms with E-state index < -0.39 is 10.0 Å². The van der Waals surface area contributed by atoms with Crippen molar-refractivity contribution in [3.8, 4) is 0 Å². The summed E-state index contributed by atoms with van der Waals surface area (Å²) in [6, 6.07) is 0.245. The van der Waals surface area contributed by atoms with Crippen LogP contribution in [0.4, 0.5) is 0 Å². The van der Waals surface area contributed by atoms with Gasteiger partial charge in [0.05, 0.1) is 11.4 Å². The maximum absolute atomic E-state index is 12.6. The average molecular weight is 315 g/mol. The van der Waals surface area contributed by atoms with Crippen molar-refractivity contribution in [3.05, 3.63) is 11.4 Å². The van der Waals surface area contributed by atoms with Crippen LogP contribution in [0, 0.1) is 6.92 Å². The van der Waals surface area contributed by atoms with Gasteiger partial charge in [0.15, 0.2) is 0 Å². The number of hydrogen-bond donors (Lipinski definition) is 3. The lowest BCUT2D eigenvalue weighted by molar-refractivity contribution is 0.407. The first-order valence-corrected chi connectivity index (χ1v) is 8.76. The van der Waals surface area contributed by atoms with Crippen LogP contribution in [-0.2, 0) is 16.6 Å². The van der Waals surface area contributed by atoms with Gasteiger partial charge in [0.1, 0.15) is 4.90 Å². The maximum atomic E-state index is 12.6. The van der Waals surface area contributed by atoms with Crippen molar-refractivity contribution in [2.24, 2.45) is 0 Å². The first-order chi connectivity index (χ1) is 9.79. The number of likely N-dealkylation sites (tertiary alicyclic amines) is 1. The van der Waals surface area contributed by atoms with Crippen LogP contribution in [0.2, 0.25) is 0 Å². The van der Waals surface area contributed by atoms with E-state index in [1.165, 1.54) is 0 Å². The van der Waals surface area contributed by atoms with E-state index in [4.69, 9.17) is 0 Å². The van der Waals surface area contributed by atoms with Gasteiger partial charge in [0.2, 0.25) is 10.0 Å². The minimum Gasteiger partial charge on any atom is -0.309 e. The Bertz CT molecular complexity index is 581. The summed E-state index contributed by atoms with van der Waals surface area (Å²) < 4.78 is 28.0. The summed E-state index contributed by atoms with van der Waals surface area (Å²) >= 11 is 0. The highest BCUT2D eigenvalue weighted by molar-refractivity contribution is 7.89. The summed E-state index contributed by atoms with van der Waals surface area (Å²) in [5, 5.41) is 10.1. The highest BCUT2D eigenvalue weighted by Crippen LogP contribution is 2.19. The Hall–Kier alpha value is -0.960. The molecule has 1 saturated heterocycles. The van der Waals surface area contributed by atoms with Crippen LogP contribution in [0.3, 0.4) is 0 Å². The van der Waals surface area contributed by atoms with E-state index in [0.717, 1.165) is 19.5 Å². The average Bonchev–Trinajstić information content (AvgIpc) is 2.93. The molecule has 21 heavy (non-hydrogen) atoms. The molecule has 0 spiro atoms. The summed E-state index contributed by atoms with van der Waals surface area (Å²) in [6.07, 6.45) is 0.839. The van der Waals surface area contributed by atoms with Gasteiger partial charge < -0.3 is 10.2 Å². The van der Waals surface area contributed by atoms with E-state index in [1.54, 1.807) is 6.92 Å². The molecule has 1 aromatic rings. The Morgan fingerprint density at radius 1 is 1.48 bits per heavy atom. The Labute approximate surface area is 126 Å². The number of nitrogens with one attached hydrogen (secondary N) is 3. The van der Waals surface area contributed by atoms with Crippen LogP contribution in [0.15, 0.2) is 4.90 Å². The second-order valence-electron chi connectivity index (χ2n) is 6.03. The highest BCUT2D eigenvalue weighted by Gasteiger charge is 2.29. The van der Waals surface area contributed by atoms with Crippen LogP contribution in [0.1, 0.15) is 31.7 Å². The molecule has 1 aliphatic rings. The molecule has 7 nitrogen and oxygen atoms in total. The molecular weight excluding hydrogens is 290 g/mol. The molecule has 1 fully saturated rings. The van der Waals surface area contributed by atoms with Crippen LogP contribution in [0.25, 0.3) is 0 Å². The van der Waals surface area contributed by atoms with E-state index in [0.29, 0.717) is 17.9 Å². The number of sulfonamides is 1. The fraction of sp³-hybridized carbons (Fsp3) is 0.769. The number of aryl methyl sites for hydroxylation is 1. The molecule has 2 heterocycles. The molecule has 1 aliphatic heterocycles. The number of aromatic amines is 1. The lowest BCUT2D eigenvalue weighted by Crippen LogP contribution is -2.37. The number of H-pyrrole nitrogens is 1. The number of likely N-dealkylation sites (N-methyl/N-ethyl adjacent to an activating group) is 1. The first-order valence-electron chi connectivity index (χ1n) is 7.27. The molecule has 1 atom stereocenters. The lowest BCUT2D eigenvalue weighted by Gasteiger charge is -2.14.